The summed E-state index contributed by atoms with van der Waals surface area (Å²) in [6, 6.07) is 3.89. The minimum atomic E-state index is -3.24. The van der Waals surface area contributed by atoms with E-state index in [-0.39, 0.29) is 17.7 Å². The number of carbonyl (C=O) groups excluding carboxylic acids is 1. The Balaban J connectivity index is 1.32. The topological polar surface area (TPSA) is 91.8 Å². The smallest absolute Gasteiger partial charge is 0.243 e. The van der Waals surface area contributed by atoms with Crippen LogP contribution in [0.4, 0.5) is 0 Å². The highest BCUT2D eigenvalue weighted by molar-refractivity contribution is 7.89. The van der Waals surface area contributed by atoms with Gasteiger partial charge in [-0.2, -0.15) is 4.31 Å². The van der Waals surface area contributed by atoms with Crippen molar-refractivity contribution in [1.29, 1.82) is 0 Å². The summed E-state index contributed by atoms with van der Waals surface area (Å²) in [6.45, 7) is 5.50. The molecule has 1 amide bonds. The summed E-state index contributed by atoms with van der Waals surface area (Å²) in [6.07, 6.45) is 12.7. The number of amides is 1. The minimum absolute atomic E-state index is 0.150. The Bertz CT molecular complexity index is 837. The summed E-state index contributed by atoms with van der Waals surface area (Å²) < 4.78 is 33.2. The van der Waals surface area contributed by atoms with Gasteiger partial charge in [-0.15, -0.1) is 0 Å². The summed E-state index contributed by atoms with van der Waals surface area (Å²) >= 11 is 0. The van der Waals surface area contributed by atoms with Gasteiger partial charge in [-0.05, 0) is 56.4 Å². The Hall–Kier alpha value is -1.81. The number of nitrogens with one attached hydrogen (secondary N) is 1. The standard InChI is InChI=1S/C24H38N4O4S/c29-24(11-10-22-7-5-12-25-21-22)26-13-2-1-3-20-33(30,31)28(23-8-4-9-23)15-6-14-27-16-18-32-19-17-27/h5,7,10-12,21,23H,1-4,6,8-9,13-20H2,(H,26,29)/b11-10+. The second-order valence-corrected chi connectivity index (χ2v) is 10.8. The lowest BCUT2D eigenvalue weighted by atomic mass is 9.93. The second-order valence-electron chi connectivity index (χ2n) is 8.79. The maximum absolute atomic E-state index is 13.0. The van der Waals surface area contributed by atoms with Crippen LogP contribution in [0.15, 0.2) is 30.6 Å². The molecule has 1 aliphatic carbocycles. The largest absolute Gasteiger partial charge is 0.379 e. The lowest BCUT2D eigenvalue weighted by molar-refractivity contribution is -0.116. The summed E-state index contributed by atoms with van der Waals surface area (Å²) in [5, 5.41) is 2.85. The van der Waals surface area contributed by atoms with Crippen LogP contribution in [-0.2, 0) is 19.6 Å². The molecule has 0 radical (unpaired) electrons. The number of sulfonamides is 1. The number of hydrogen-bond acceptors (Lipinski definition) is 6. The van der Waals surface area contributed by atoms with Crippen LogP contribution in [0.2, 0.25) is 0 Å². The Labute approximate surface area is 198 Å². The van der Waals surface area contributed by atoms with Gasteiger partial charge in [0.25, 0.3) is 0 Å². The van der Waals surface area contributed by atoms with Crippen molar-refractivity contribution in [2.45, 2.75) is 51.0 Å². The molecule has 9 heteroatoms. The summed E-state index contributed by atoms with van der Waals surface area (Å²) in [5.41, 5.74) is 0.874. The van der Waals surface area contributed by atoms with Gasteiger partial charge >= 0.3 is 0 Å². The van der Waals surface area contributed by atoms with E-state index in [1.54, 1.807) is 22.8 Å². The van der Waals surface area contributed by atoms with Gasteiger partial charge in [0.15, 0.2) is 0 Å². The fourth-order valence-corrected chi connectivity index (χ4v) is 5.99. The summed E-state index contributed by atoms with van der Waals surface area (Å²) in [4.78, 5) is 18.3. The van der Waals surface area contributed by atoms with Gasteiger partial charge in [-0.25, -0.2) is 8.42 Å². The predicted octanol–water partition coefficient (Wildman–Crippen LogP) is 2.29. The maximum Gasteiger partial charge on any atom is 0.243 e. The van der Waals surface area contributed by atoms with Crippen molar-refractivity contribution in [1.82, 2.24) is 19.5 Å². The molecule has 1 saturated carbocycles. The second kappa shape index (κ2) is 13.8. The van der Waals surface area contributed by atoms with Crippen LogP contribution in [0, 0.1) is 0 Å². The molecule has 1 aromatic heterocycles. The molecule has 3 rings (SSSR count). The fourth-order valence-electron chi connectivity index (χ4n) is 4.12. The first-order valence-corrected chi connectivity index (χ1v) is 13.8. The molecule has 8 nitrogen and oxygen atoms in total. The highest BCUT2D eigenvalue weighted by atomic mass is 32.2. The third kappa shape index (κ3) is 9.16. The number of rotatable bonds is 14. The zero-order valence-corrected chi connectivity index (χ0v) is 20.3. The molecule has 1 saturated heterocycles. The van der Waals surface area contributed by atoms with E-state index in [1.165, 1.54) is 6.08 Å². The van der Waals surface area contributed by atoms with Gasteiger partial charge in [0.2, 0.25) is 15.9 Å². The van der Waals surface area contributed by atoms with Crippen LogP contribution < -0.4 is 5.32 Å². The molecule has 1 N–H and O–H groups in total. The van der Waals surface area contributed by atoms with Crippen molar-refractivity contribution in [3.05, 3.63) is 36.2 Å². The van der Waals surface area contributed by atoms with Crippen molar-refractivity contribution in [2.75, 3.05) is 51.7 Å². The number of aromatic nitrogens is 1. The third-order valence-corrected chi connectivity index (χ3v) is 8.29. The van der Waals surface area contributed by atoms with Gasteiger partial charge in [0.1, 0.15) is 0 Å². The van der Waals surface area contributed by atoms with Crippen LogP contribution in [0.3, 0.4) is 0 Å². The number of ether oxygens (including phenoxy) is 1. The number of pyridine rings is 1. The van der Waals surface area contributed by atoms with Gasteiger partial charge < -0.3 is 10.1 Å². The molecule has 0 spiro atoms. The number of hydrogen-bond donors (Lipinski definition) is 1. The Morgan fingerprint density at radius 3 is 2.73 bits per heavy atom. The van der Waals surface area contributed by atoms with Gasteiger partial charge in [0.05, 0.1) is 19.0 Å². The normalized spacial score (nSPS) is 18.0. The zero-order valence-electron chi connectivity index (χ0n) is 19.5. The molecular formula is C24H38N4O4S. The van der Waals surface area contributed by atoms with E-state index in [0.717, 1.165) is 76.9 Å². The number of carbonyl (C=O) groups is 1. The van der Waals surface area contributed by atoms with Crippen molar-refractivity contribution in [2.24, 2.45) is 0 Å². The van der Waals surface area contributed by atoms with E-state index in [9.17, 15) is 13.2 Å². The average Bonchev–Trinajstić information content (AvgIpc) is 2.79. The first-order chi connectivity index (χ1) is 16.0. The van der Waals surface area contributed by atoms with E-state index in [2.05, 4.69) is 15.2 Å². The van der Waals surface area contributed by atoms with E-state index >= 15 is 0 Å². The van der Waals surface area contributed by atoms with Crippen molar-refractivity contribution in [3.63, 3.8) is 0 Å². The van der Waals surface area contributed by atoms with Gasteiger partial charge in [-0.3, -0.25) is 14.7 Å². The van der Waals surface area contributed by atoms with Crippen molar-refractivity contribution in [3.8, 4) is 0 Å². The molecule has 0 aromatic carbocycles. The molecular weight excluding hydrogens is 440 g/mol. The average molecular weight is 479 g/mol. The van der Waals surface area contributed by atoms with Crippen LogP contribution in [0.25, 0.3) is 6.08 Å². The number of unbranched alkanes of at least 4 members (excludes halogenated alkanes) is 2. The molecule has 2 aliphatic rings. The minimum Gasteiger partial charge on any atom is -0.379 e. The highest BCUT2D eigenvalue weighted by Gasteiger charge is 2.33. The van der Waals surface area contributed by atoms with E-state index in [1.807, 2.05) is 12.1 Å². The lowest BCUT2D eigenvalue weighted by Crippen LogP contribution is -2.46. The molecule has 1 aromatic rings. The molecule has 0 bridgehead atoms. The molecule has 33 heavy (non-hydrogen) atoms. The van der Waals surface area contributed by atoms with Crippen LogP contribution >= 0.6 is 0 Å². The summed E-state index contributed by atoms with van der Waals surface area (Å²) in [5.74, 6) is 0.0403. The molecule has 0 atom stereocenters. The summed E-state index contributed by atoms with van der Waals surface area (Å²) in [7, 11) is -3.24. The Morgan fingerprint density at radius 1 is 1.21 bits per heavy atom. The van der Waals surface area contributed by atoms with Gasteiger partial charge in [-0.1, -0.05) is 18.9 Å². The van der Waals surface area contributed by atoms with E-state index < -0.39 is 10.0 Å². The van der Waals surface area contributed by atoms with Crippen LogP contribution in [0.1, 0.15) is 50.5 Å². The van der Waals surface area contributed by atoms with Crippen molar-refractivity contribution < 1.29 is 17.9 Å². The van der Waals surface area contributed by atoms with Crippen LogP contribution in [-0.4, -0.2) is 86.2 Å². The quantitative estimate of drug-likeness (QED) is 0.326. The lowest BCUT2D eigenvalue weighted by Gasteiger charge is -2.37. The van der Waals surface area contributed by atoms with Gasteiger partial charge in [0, 0.05) is 50.7 Å². The maximum atomic E-state index is 13.0. The number of morpholine rings is 1. The third-order valence-electron chi connectivity index (χ3n) is 6.29. The monoisotopic (exact) mass is 478 g/mol. The molecule has 184 valence electrons. The first-order valence-electron chi connectivity index (χ1n) is 12.2. The zero-order chi connectivity index (χ0) is 23.4. The molecule has 0 unspecified atom stereocenters. The molecule has 2 heterocycles. The number of nitrogens with zero attached hydrogens (tertiary/aromatic N) is 3. The van der Waals surface area contributed by atoms with E-state index in [0.29, 0.717) is 19.5 Å². The van der Waals surface area contributed by atoms with Crippen LogP contribution in [0.5, 0.6) is 0 Å². The SMILES string of the molecule is O=C(/C=C/c1cccnc1)NCCCCCS(=O)(=O)N(CCCN1CCOCC1)C1CCC1. The molecule has 2 fully saturated rings. The first kappa shape index (κ1) is 25.8. The van der Waals surface area contributed by atoms with Crippen molar-refractivity contribution >= 4 is 22.0 Å². The fraction of sp³-hybridized carbons (Fsp3) is 0.667. The Kier molecular flexibility index (Phi) is 10.8. The Morgan fingerprint density at radius 2 is 2.03 bits per heavy atom. The van der Waals surface area contributed by atoms with E-state index in [4.69, 9.17) is 4.74 Å². The molecule has 1 aliphatic heterocycles. The predicted molar refractivity (Wildman–Crippen MR) is 130 cm³/mol. The highest BCUT2D eigenvalue weighted by Crippen LogP contribution is 2.28.